The van der Waals surface area contributed by atoms with Crippen LogP contribution >= 0.6 is 11.3 Å². The summed E-state index contributed by atoms with van der Waals surface area (Å²) in [5.41, 5.74) is 0.872. The third kappa shape index (κ3) is 2.73. The molecule has 3 rings (SSSR count). The van der Waals surface area contributed by atoms with E-state index in [1.165, 1.54) is 11.3 Å². The third-order valence-corrected chi connectivity index (χ3v) is 4.45. The molecule has 1 aromatic heterocycles. The van der Waals surface area contributed by atoms with Crippen molar-refractivity contribution in [2.24, 2.45) is 0 Å². The number of aliphatic hydroxyl groups is 1. The van der Waals surface area contributed by atoms with Gasteiger partial charge in [-0.25, -0.2) is 0 Å². The molecule has 3 aromatic rings. The molecule has 0 aliphatic carbocycles. The van der Waals surface area contributed by atoms with Gasteiger partial charge in [-0.3, -0.25) is 0 Å². The van der Waals surface area contributed by atoms with Crippen LogP contribution in [0.15, 0.2) is 47.8 Å². The molecule has 108 valence electrons. The second-order valence-electron chi connectivity index (χ2n) is 4.76. The lowest BCUT2D eigenvalue weighted by atomic mass is 10.0. The van der Waals surface area contributed by atoms with E-state index >= 15 is 0 Å². The highest BCUT2D eigenvalue weighted by Gasteiger charge is 2.14. The number of thiophene rings is 1. The van der Waals surface area contributed by atoms with Gasteiger partial charge in [-0.05, 0) is 40.6 Å². The predicted molar refractivity (Wildman–Crippen MR) is 85.4 cm³/mol. The molecule has 0 saturated heterocycles. The summed E-state index contributed by atoms with van der Waals surface area (Å²) in [7, 11) is 3.28. The third-order valence-electron chi connectivity index (χ3n) is 3.49. The van der Waals surface area contributed by atoms with Crippen molar-refractivity contribution in [3.8, 4) is 11.5 Å². The first kappa shape index (κ1) is 13.9. The minimum atomic E-state index is -0.634. The van der Waals surface area contributed by atoms with Gasteiger partial charge in [-0.1, -0.05) is 18.2 Å². The molecular formula is C17H16O3S. The fraction of sp³-hybridized carbons (Fsp3) is 0.176. The minimum absolute atomic E-state index is 0.634. The molecule has 4 heteroatoms. The summed E-state index contributed by atoms with van der Waals surface area (Å²) in [6.07, 6.45) is -0.634. The quantitative estimate of drug-likeness (QED) is 0.791. The summed E-state index contributed by atoms with van der Waals surface area (Å²) in [6, 6.07) is 13.7. The molecule has 21 heavy (non-hydrogen) atoms. The number of hydrogen-bond donors (Lipinski definition) is 1. The Morgan fingerprint density at radius 3 is 2.33 bits per heavy atom. The van der Waals surface area contributed by atoms with Crippen LogP contribution in [0.5, 0.6) is 11.5 Å². The Kier molecular flexibility index (Phi) is 3.82. The van der Waals surface area contributed by atoms with Crippen LogP contribution in [0, 0.1) is 0 Å². The SMILES string of the molecule is COc1csc(C(O)c2ccc3cc(OC)ccc3c2)c1. The second-order valence-corrected chi connectivity index (χ2v) is 5.71. The molecule has 3 nitrogen and oxygen atoms in total. The Morgan fingerprint density at radius 2 is 1.62 bits per heavy atom. The van der Waals surface area contributed by atoms with Gasteiger partial charge in [0.2, 0.25) is 0 Å². The Hall–Kier alpha value is -2.04. The Labute approximate surface area is 127 Å². The smallest absolute Gasteiger partial charge is 0.129 e. The molecule has 0 amide bonds. The van der Waals surface area contributed by atoms with E-state index in [1.54, 1.807) is 14.2 Å². The molecule has 1 unspecified atom stereocenters. The molecule has 2 aromatic carbocycles. The largest absolute Gasteiger partial charge is 0.497 e. The Morgan fingerprint density at radius 1 is 0.905 bits per heavy atom. The number of benzene rings is 2. The lowest BCUT2D eigenvalue weighted by Gasteiger charge is -2.10. The first-order chi connectivity index (χ1) is 10.2. The standard InChI is InChI=1S/C17H16O3S/c1-19-14-6-5-11-7-13(4-3-12(11)8-14)17(18)16-9-15(20-2)10-21-16/h3-10,17-18H,1-2H3. The zero-order chi connectivity index (χ0) is 14.8. The number of methoxy groups -OCH3 is 2. The number of aliphatic hydroxyl groups excluding tert-OH is 1. The molecule has 1 heterocycles. The normalized spacial score (nSPS) is 12.3. The average molecular weight is 300 g/mol. The number of hydrogen-bond acceptors (Lipinski definition) is 4. The second kappa shape index (κ2) is 5.76. The van der Waals surface area contributed by atoms with Crippen LogP contribution < -0.4 is 9.47 Å². The van der Waals surface area contributed by atoms with Crippen molar-refractivity contribution >= 4 is 22.1 Å². The van der Waals surface area contributed by atoms with Gasteiger partial charge in [0.05, 0.1) is 14.2 Å². The van der Waals surface area contributed by atoms with Gasteiger partial charge in [0.25, 0.3) is 0 Å². The molecule has 0 fully saturated rings. The fourth-order valence-corrected chi connectivity index (χ4v) is 3.15. The first-order valence-corrected chi connectivity index (χ1v) is 7.47. The Balaban J connectivity index is 1.96. The summed E-state index contributed by atoms with van der Waals surface area (Å²) < 4.78 is 10.4. The van der Waals surface area contributed by atoms with Crippen molar-refractivity contribution in [2.45, 2.75) is 6.10 Å². The van der Waals surface area contributed by atoms with E-state index in [0.717, 1.165) is 32.7 Å². The van der Waals surface area contributed by atoms with E-state index in [1.807, 2.05) is 47.8 Å². The highest BCUT2D eigenvalue weighted by atomic mass is 32.1. The average Bonchev–Trinajstić information content (AvgIpc) is 3.02. The topological polar surface area (TPSA) is 38.7 Å². The predicted octanol–water partition coefficient (Wildman–Crippen LogP) is 4.00. The summed E-state index contributed by atoms with van der Waals surface area (Å²) in [4.78, 5) is 0.875. The van der Waals surface area contributed by atoms with Crippen molar-refractivity contribution in [1.29, 1.82) is 0 Å². The molecule has 0 bridgehead atoms. The molecule has 1 atom stereocenters. The summed E-state index contributed by atoms with van der Waals surface area (Å²) in [5, 5.41) is 14.6. The van der Waals surface area contributed by atoms with E-state index in [4.69, 9.17) is 9.47 Å². The maximum Gasteiger partial charge on any atom is 0.129 e. The highest BCUT2D eigenvalue weighted by molar-refractivity contribution is 7.10. The molecule has 0 aliphatic rings. The summed E-state index contributed by atoms with van der Waals surface area (Å²) in [6.45, 7) is 0. The molecular weight excluding hydrogens is 284 g/mol. The van der Waals surface area contributed by atoms with Crippen molar-refractivity contribution in [3.63, 3.8) is 0 Å². The maximum atomic E-state index is 10.5. The molecule has 0 saturated carbocycles. The maximum absolute atomic E-state index is 10.5. The zero-order valence-electron chi connectivity index (χ0n) is 11.9. The number of ether oxygens (including phenoxy) is 2. The van der Waals surface area contributed by atoms with Crippen molar-refractivity contribution in [2.75, 3.05) is 14.2 Å². The van der Waals surface area contributed by atoms with Crippen LogP contribution in [0.4, 0.5) is 0 Å². The van der Waals surface area contributed by atoms with Gasteiger partial charge >= 0.3 is 0 Å². The monoisotopic (exact) mass is 300 g/mol. The Bertz CT molecular complexity index is 764. The van der Waals surface area contributed by atoms with E-state index < -0.39 is 6.10 Å². The minimum Gasteiger partial charge on any atom is -0.497 e. The van der Waals surface area contributed by atoms with Crippen LogP contribution in [0.1, 0.15) is 16.5 Å². The molecule has 0 aliphatic heterocycles. The van der Waals surface area contributed by atoms with Crippen LogP contribution in [0.25, 0.3) is 10.8 Å². The summed E-state index contributed by atoms with van der Waals surface area (Å²) in [5.74, 6) is 1.61. The number of fused-ring (bicyclic) bond motifs is 1. The zero-order valence-corrected chi connectivity index (χ0v) is 12.7. The highest BCUT2D eigenvalue weighted by Crippen LogP contribution is 2.32. The van der Waals surface area contributed by atoms with Crippen LogP contribution in [0.2, 0.25) is 0 Å². The van der Waals surface area contributed by atoms with E-state index in [2.05, 4.69) is 0 Å². The van der Waals surface area contributed by atoms with Crippen molar-refractivity contribution < 1.29 is 14.6 Å². The number of rotatable bonds is 4. The summed E-state index contributed by atoms with van der Waals surface area (Å²) >= 11 is 1.49. The van der Waals surface area contributed by atoms with E-state index in [0.29, 0.717) is 0 Å². The fourth-order valence-electron chi connectivity index (χ4n) is 2.29. The molecule has 0 radical (unpaired) electrons. The van der Waals surface area contributed by atoms with Gasteiger partial charge in [-0.2, -0.15) is 0 Å². The van der Waals surface area contributed by atoms with Crippen LogP contribution in [-0.4, -0.2) is 19.3 Å². The van der Waals surface area contributed by atoms with Crippen molar-refractivity contribution in [1.82, 2.24) is 0 Å². The van der Waals surface area contributed by atoms with Crippen LogP contribution in [0.3, 0.4) is 0 Å². The van der Waals surface area contributed by atoms with Gasteiger partial charge in [0, 0.05) is 10.3 Å². The van der Waals surface area contributed by atoms with Crippen molar-refractivity contribution in [3.05, 3.63) is 58.3 Å². The van der Waals surface area contributed by atoms with E-state index in [-0.39, 0.29) is 0 Å². The van der Waals surface area contributed by atoms with Gasteiger partial charge < -0.3 is 14.6 Å². The first-order valence-electron chi connectivity index (χ1n) is 6.59. The lowest BCUT2D eigenvalue weighted by molar-refractivity contribution is 0.224. The molecule has 1 N–H and O–H groups in total. The van der Waals surface area contributed by atoms with Gasteiger partial charge in [0.15, 0.2) is 0 Å². The van der Waals surface area contributed by atoms with Gasteiger partial charge in [-0.15, -0.1) is 11.3 Å². The van der Waals surface area contributed by atoms with E-state index in [9.17, 15) is 5.11 Å². The molecule has 0 spiro atoms. The lowest BCUT2D eigenvalue weighted by Crippen LogP contribution is -1.97. The van der Waals surface area contributed by atoms with Gasteiger partial charge in [0.1, 0.15) is 17.6 Å². The van der Waals surface area contributed by atoms with Crippen LogP contribution in [-0.2, 0) is 0 Å².